The minimum Gasteiger partial charge on any atom is -0.461 e. The summed E-state index contributed by atoms with van der Waals surface area (Å²) in [6.07, 6.45) is 1.09. The molecule has 2 nitrogen and oxygen atoms in total. The molecule has 1 aliphatic rings. The van der Waals surface area contributed by atoms with E-state index in [1.807, 2.05) is 6.92 Å². The van der Waals surface area contributed by atoms with E-state index in [0.29, 0.717) is 0 Å². The van der Waals surface area contributed by atoms with Gasteiger partial charge in [-0.3, -0.25) is 4.79 Å². The highest BCUT2D eigenvalue weighted by Gasteiger charge is 2.29. The van der Waals surface area contributed by atoms with Crippen LogP contribution in [0.25, 0.3) is 0 Å². The summed E-state index contributed by atoms with van der Waals surface area (Å²) in [6, 6.07) is 0. The van der Waals surface area contributed by atoms with Gasteiger partial charge < -0.3 is 4.74 Å². The van der Waals surface area contributed by atoms with Crippen molar-refractivity contribution in [2.75, 3.05) is 4.43 Å². The lowest BCUT2D eigenvalue weighted by Crippen LogP contribution is -2.06. The highest BCUT2D eigenvalue weighted by Crippen LogP contribution is 2.21. The molecule has 0 aromatic rings. The molecule has 0 saturated carbocycles. The van der Waals surface area contributed by atoms with E-state index in [9.17, 15) is 4.79 Å². The summed E-state index contributed by atoms with van der Waals surface area (Å²) in [4.78, 5) is 10.7. The molecule has 1 aliphatic heterocycles. The smallest absolute Gasteiger partial charge is 0.309 e. The van der Waals surface area contributed by atoms with Crippen LogP contribution < -0.4 is 0 Å². The molecule has 0 N–H and O–H groups in total. The Morgan fingerprint density at radius 3 is 2.78 bits per heavy atom. The summed E-state index contributed by atoms with van der Waals surface area (Å²) in [5.74, 6) is 0.0985. The van der Waals surface area contributed by atoms with Crippen LogP contribution in [0.15, 0.2) is 0 Å². The minimum absolute atomic E-state index is 0.0309. The van der Waals surface area contributed by atoms with E-state index >= 15 is 0 Å². The van der Waals surface area contributed by atoms with E-state index in [1.54, 1.807) is 0 Å². The zero-order valence-electron chi connectivity index (χ0n) is 5.26. The van der Waals surface area contributed by atoms with Crippen LogP contribution in [0.3, 0.4) is 0 Å². The number of hydrogen-bond acceptors (Lipinski definition) is 2. The van der Waals surface area contributed by atoms with Crippen LogP contribution in [0.2, 0.25) is 0 Å². The highest BCUT2D eigenvalue weighted by atomic mass is 127. The molecule has 1 fully saturated rings. The van der Waals surface area contributed by atoms with Gasteiger partial charge in [0.05, 0.1) is 5.92 Å². The molecule has 1 heterocycles. The van der Waals surface area contributed by atoms with Crippen LogP contribution in [0, 0.1) is 5.92 Å². The van der Waals surface area contributed by atoms with E-state index in [1.165, 1.54) is 0 Å². The van der Waals surface area contributed by atoms with Crippen molar-refractivity contribution in [1.29, 1.82) is 0 Å². The third kappa shape index (κ3) is 1.56. The molecule has 1 rings (SSSR count). The maximum Gasteiger partial charge on any atom is 0.309 e. The third-order valence-corrected chi connectivity index (χ3v) is 2.46. The predicted molar refractivity (Wildman–Crippen MR) is 42.5 cm³/mol. The van der Waals surface area contributed by atoms with Crippen molar-refractivity contribution in [3.05, 3.63) is 0 Å². The van der Waals surface area contributed by atoms with Crippen molar-refractivity contribution < 1.29 is 9.53 Å². The number of alkyl halides is 1. The van der Waals surface area contributed by atoms with Gasteiger partial charge in [0.1, 0.15) is 6.10 Å². The van der Waals surface area contributed by atoms with Crippen molar-refractivity contribution in [2.45, 2.75) is 19.4 Å². The molecular weight excluding hydrogens is 231 g/mol. The minimum atomic E-state index is -0.0309. The Kier molecular flexibility index (Phi) is 2.32. The summed E-state index contributed by atoms with van der Waals surface area (Å²) >= 11 is 2.23. The van der Waals surface area contributed by atoms with Crippen molar-refractivity contribution in [1.82, 2.24) is 0 Å². The maximum atomic E-state index is 10.7. The summed E-state index contributed by atoms with van der Waals surface area (Å²) in [5, 5.41) is 0. The fraction of sp³-hybridized carbons (Fsp3) is 0.833. The van der Waals surface area contributed by atoms with Crippen molar-refractivity contribution in [2.24, 2.45) is 5.92 Å². The molecule has 3 heteroatoms. The molecule has 1 saturated heterocycles. The molecule has 0 unspecified atom stereocenters. The van der Waals surface area contributed by atoms with Gasteiger partial charge in [0.15, 0.2) is 0 Å². The number of carbonyl (C=O) groups is 1. The Morgan fingerprint density at radius 1 is 1.89 bits per heavy atom. The van der Waals surface area contributed by atoms with Crippen LogP contribution >= 0.6 is 22.6 Å². The Morgan fingerprint density at radius 2 is 2.56 bits per heavy atom. The normalized spacial score (nSPS) is 34.7. The second-order valence-corrected chi connectivity index (χ2v) is 3.23. The van der Waals surface area contributed by atoms with E-state index in [-0.39, 0.29) is 18.0 Å². The van der Waals surface area contributed by atoms with E-state index in [2.05, 4.69) is 22.6 Å². The number of rotatable bonds is 1. The van der Waals surface area contributed by atoms with Crippen LogP contribution in [0.4, 0.5) is 0 Å². The summed E-state index contributed by atoms with van der Waals surface area (Å²) in [5.41, 5.74) is 0. The average molecular weight is 240 g/mol. The van der Waals surface area contributed by atoms with Gasteiger partial charge >= 0.3 is 5.97 Å². The number of hydrogen-bond donors (Lipinski definition) is 0. The largest absolute Gasteiger partial charge is 0.461 e. The number of halogens is 1. The van der Waals surface area contributed by atoms with E-state index in [0.717, 1.165) is 10.8 Å². The lowest BCUT2D eigenvalue weighted by molar-refractivity contribution is -0.143. The second-order valence-electron chi connectivity index (χ2n) is 2.35. The molecule has 0 radical (unpaired) electrons. The molecule has 0 amide bonds. The maximum absolute atomic E-state index is 10.7. The first kappa shape index (κ1) is 7.31. The molecule has 52 valence electrons. The number of carbonyl (C=O) groups excluding carboxylic acids is 1. The monoisotopic (exact) mass is 240 g/mol. The topological polar surface area (TPSA) is 26.3 Å². The summed E-state index contributed by atoms with van der Waals surface area (Å²) in [6.45, 7) is 1.91. The van der Waals surface area contributed by atoms with Crippen molar-refractivity contribution >= 4 is 28.6 Å². The van der Waals surface area contributed by atoms with Crippen LogP contribution in [0.5, 0.6) is 0 Å². The Bertz CT molecular complexity index is 124. The van der Waals surface area contributed by atoms with Gasteiger partial charge in [-0.25, -0.2) is 0 Å². The molecule has 9 heavy (non-hydrogen) atoms. The molecule has 0 aromatic carbocycles. The van der Waals surface area contributed by atoms with Gasteiger partial charge in [-0.15, -0.1) is 0 Å². The summed E-state index contributed by atoms with van der Waals surface area (Å²) < 4.78 is 5.90. The highest BCUT2D eigenvalue weighted by molar-refractivity contribution is 14.1. The fourth-order valence-corrected chi connectivity index (χ4v) is 1.45. The fourth-order valence-electron chi connectivity index (χ4n) is 0.914. The van der Waals surface area contributed by atoms with Crippen LogP contribution in [-0.2, 0) is 9.53 Å². The Hall–Kier alpha value is 0.200. The van der Waals surface area contributed by atoms with Crippen LogP contribution in [0.1, 0.15) is 13.3 Å². The van der Waals surface area contributed by atoms with Gasteiger partial charge in [-0.2, -0.15) is 0 Å². The quantitative estimate of drug-likeness (QED) is 0.393. The summed E-state index contributed by atoms with van der Waals surface area (Å²) in [7, 11) is 0. The first-order valence-electron chi connectivity index (χ1n) is 3.00. The van der Waals surface area contributed by atoms with Crippen molar-refractivity contribution in [3.8, 4) is 0 Å². The molecular formula is C6H9IO2. The number of ether oxygens (including phenoxy) is 1. The van der Waals surface area contributed by atoms with Crippen molar-refractivity contribution in [3.63, 3.8) is 0 Å². The van der Waals surface area contributed by atoms with Gasteiger partial charge in [0.25, 0.3) is 0 Å². The van der Waals surface area contributed by atoms with Gasteiger partial charge in [0.2, 0.25) is 0 Å². The Balaban J connectivity index is 2.44. The molecule has 2 atom stereocenters. The second kappa shape index (κ2) is 2.86. The predicted octanol–water partition coefficient (Wildman–Crippen LogP) is 1.37. The first-order valence-corrected chi connectivity index (χ1v) is 4.53. The van der Waals surface area contributed by atoms with E-state index in [4.69, 9.17) is 4.74 Å². The zero-order valence-corrected chi connectivity index (χ0v) is 7.42. The SMILES string of the molecule is C[C@H]1C[C@H](CI)OC1=O. The lowest BCUT2D eigenvalue weighted by Gasteiger charge is -2.00. The number of esters is 1. The molecule has 0 aliphatic carbocycles. The standard InChI is InChI=1S/C6H9IO2/c1-4-2-5(3-7)9-6(4)8/h4-5H,2-3H2,1H3/t4-,5+/m0/s1. The lowest BCUT2D eigenvalue weighted by atomic mass is 10.1. The number of cyclic esters (lactones) is 1. The third-order valence-electron chi connectivity index (χ3n) is 1.47. The van der Waals surface area contributed by atoms with E-state index < -0.39 is 0 Å². The van der Waals surface area contributed by atoms with Gasteiger partial charge in [-0.1, -0.05) is 29.5 Å². The molecule has 0 spiro atoms. The molecule has 0 bridgehead atoms. The molecule has 0 aromatic heterocycles. The average Bonchev–Trinajstić information content (AvgIpc) is 2.13. The van der Waals surface area contributed by atoms with Gasteiger partial charge in [0, 0.05) is 4.43 Å². The first-order chi connectivity index (χ1) is 4.24. The van der Waals surface area contributed by atoms with Crippen LogP contribution in [-0.4, -0.2) is 16.5 Å². The van der Waals surface area contributed by atoms with Gasteiger partial charge in [-0.05, 0) is 6.42 Å². The Labute approximate surface area is 68.1 Å². The zero-order chi connectivity index (χ0) is 6.85.